The highest BCUT2D eigenvalue weighted by Gasteiger charge is 2.27. The summed E-state index contributed by atoms with van der Waals surface area (Å²) in [6, 6.07) is 4.76. The molecule has 1 aromatic rings. The zero-order valence-electron chi connectivity index (χ0n) is 12.2. The van der Waals surface area contributed by atoms with E-state index >= 15 is 0 Å². The van der Waals surface area contributed by atoms with Crippen LogP contribution in [0.15, 0.2) is 23.1 Å². The molecule has 0 saturated carbocycles. The molecule has 0 heterocycles. The van der Waals surface area contributed by atoms with Gasteiger partial charge in [0.2, 0.25) is 5.91 Å². The van der Waals surface area contributed by atoms with Crippen molar-refractivity contribution in [1.82, 2.24) is 5.32 Å². The third-order valence-electron chi connectivity index (χ3n) is 3.23. The van der Waals surface area contributed by atoms with Gasteiger partial charge in [-0.15, -0.1) is 0 Å². The van der Waals surface area contributed by atoms with E-state index in [9.17, 15) is 9.00 Å². The molecule has 0 aliphatic heterocycles. The number of benzene rings is 1. The van der Waals surface area contributed by atoms with Gasteiger partial charge in [-0.25, -0.2) is 0 Å². The van der Waals surface area contributed by atoms with Crippen LogP contribution in [0.5, 0.6) is 0 Å². The number of rotatable bonds is 5. The molecule has 0 bridgehead atoms. The molecule has 0 saturated heterocycles. The number of nitrogen functional groups attached to an aromatic ring is 1. The molecule has 1 amide bonds. The van der Waals surface area contributed by atoms with Crippen LogP contribution < -0.4 is 11.1 Å². The Morgan fingerprint density at radius 1 is 1.50 bits per heavy atom. The van der Waals surface area contributed by atoms with E-state index in [1.54, 1.807) is 25.1 Å². The first-order valence-corrected chi connectivity index (χ1v) is 8.04. The average molecular weight is 317 g/mol. The molecule has 0 spiro atoms. The molecule has 0 radical (unpaired) electrons. The van der Waals surface area contributed by atoms with Gasteiger partial charge < -0.3 is 11.1 Å². The summed E-state index contributed by atoms with van der Waals surface area (Å²) in [7, 11) is -1.54. The van der Waals surface area contributed by atoms with Gasteiger partial charge in [-0.2, -0.15) is 0 Å². The molecule has 1 aromatic carbocycles. The molecule has 0 aliphatic rings. The Labute approximate surface area is 127 Å². The van der Waals surface area contributed by atoms with Crippen LogP contribution in [0.4, 0.5) is 5.69 Å². The van der Waals surface area contributed by atoms with E-state index < -0.39 is 16.0 Å². The van der Waals surface area contributed by atoms with Crippen LogP contribution in [0.3, 0.4) is 0 Å². The fourth-order valence-corrected chi connectivity index (χ4v) is 2.91. The number of nitrogens with one attached hydrogen (secondary N) is 1. The molecule has 2 atom stereocenters. The van der Waals surface area contributed by atoms with Crippen LogP contribution in [0.1, 0.15) is 34.1 Å². The second-order valence-electron chi connectivity index (χ2n) is 5.35. The van der Waals surface area contributed by atoms with Gasteiger partial charge >= 0.3 is 0 Å². The van der Waals surface area contributed by atoms with Gasteiger partial charge in [-0.1, -0.05) is 18.5 Å². The minimum absolute atomic E-state index is 0.255. The number of hydrogen-bond donors (Lipinski definition) is 2. The van der Waals surface area contributed by atoms with E-state index in [1.165, 1.54) is 0 Å². The molecule has 6 heteroatoms. The Bertz CT molecular complexity index is 532. The number of halogens is 1. The second kappa shape index (κ2) is 6.59. The minimum atomic E-state index is -1.54. The highest BCUT2D eigenvalue weighted by Crippen LogP contribution is 2.23. The predicted molar refractivity (Wildman–Crippen MR) is 84.2 cm³/mol. The summed E-state index contributed by atoms with van der Waals surface area (Å²) < 4.78 is 12.4. The maximum Gasteiger partial charge on any atom is 0.236 e. The van der Waals surface area contributed by atoms with Crippen molar-refractivity contribution < 1.29 is 9.00 Å². The highest BCUT2D eigenvalue weighted by molar-refractivity contribution is 7.86. The summed E-state index contributed by atoms with van der Waals surface area (Å²) >= 11 is 5.88. The van der Waals surface area contributed by atoms with Crippen molar-refractivity contribution >= 4 is 34.0 Å². The number of carbonyl (C=O) groups is 1. The summed E-state index contributed by atoms with van der Waals surface area (Å²) in [4.78, 5) is 12.5. The van der Waals surface area contributed by atoms with Crippen molar-refractivity contribution in [2.45, 2.75) is 49.8 Å². The van der Waals surface area contributed by atoms with Gasteiger partial charge in [-0.3, -0.25) is 9.00 Å². The molecule has 0 aliphatic carbocycles. The van der Waals surface area contributed by atoms with Crippen LogP contribution in [0.2, 0.25) is 5.02 Å². The van der Waals surface area contributed by atoms with Gasteiger partial charge in [-0.05, 0) is 45.4 Å². The minimum Gasteiger partial charge on any atom is -0.398 e. The number of anilines is 1. The Morgan fingerprint density at radius 2 is 2.10 bits per heavy atom. The number of nitrogens with two attached hydrogens (primary N) is 1. The summed E-state index contributed by atoms with van der Waals surface area (Å²) in [6.45, 7) is 7.46. The average Bonchev–Trinajstić information content (AvgIpc) is 2.39. The lowest BCUT2D eigenvalue weighted by atomic mass is 10.0. The molecule has 1 rings (SSSR count). The largest absolute Gasteiger partial charge is 0.398 e. The van der Waals surface area contributed by atoms with E-state index in [1.807, 2.05) is 20.8 Å². The Hall–Kier alpha value is -1.07. The molecular weight excluding hydrogens is 296 g/mol. The van der Waals surface area contributed by atoms with Gasteiger partial charge in [0.1, 0.15) is 5.25 Å². The van der Waals surface area contributed by atoms with Gasteiger partial charge in [0.15, 0.2) is 0 Å². The van der Waals surface area contributed by atoms with E-state index in [0.717, 1.165) is 6.42 Å². The van der Waals surface area contributed by atoms with Crippen molar-refractivity contribution in [2.24, 2.45) is 0 Å². The third-order valence-corrected chi connectivity index (χ3v) is 5.11. The van der Waals surface area contributed by atoms with Crippen LogP contribution in [0.25, 0.3) is 0 Å². The molecular formula is C14H21ClN2O2S. The van der Waals surface area contributed by atoms with Crippen LogP contribution in [-0.2, 0) is 15.6 Å². The van der Waals surface area contributed by atoms with Crippen molar-refractivity contribution in [2.75, 3.05) is 5.73 Å². The number of hydrogen-bond acceptors (Lipinski definition) is 3. The lowest BCUT2D eigenvalue weighted by Crippen LogP contribution is -2.47. The van der Waals surface area contributed by atoms with Crippen molar-refractivity contribution in [3.05, 3.63) is 23.2 Å². The first kappa shape index (κ1) is 17.0. The second-order valence-corrected chi connectivity index (χ2v) is 7.53. The number of carbonyl (C=O) groups excluding carboxylic acids is 1. The predicted octanol–water partition coefficient (Wildman–Crippen LogP) is 2.72. The summed E-state index contributed by atoms with van der Waals surface area (Å²) in [5.41, 5.74) is 5.85. The Morgan fingerprint density at radius 3 is 2.65 bits per heavy atom. The van der Waals surface area contributed by atoms with Gasteiger partial charge in [0.05, 0.1) is 15.7 Å². The van der Waals surface area contributed by atoms with Crippen LogP contribution in [-0.4, -0.2) is 20.9 Å². The SMILES string of the molecule is CCC(C)(C)NC(=O)C(C)S(=O)c1cc(Cl)ccc1N. The van der Waals surface area contributed by atoms with Crippen LogP contribution >= 0.6 is 11.6 Å². The topological polar surface area (TPSA) is 72.2 Å². The normalized spacial score (nSPS) is 14.7. The first-order chi connectivity index (χ1) is 9.18. The molecule has 0 aromatic heterocycles. The molecule has 3 N–H and O–H groups in total. The maximum absolute atomic E-state index is 12.4. The van der Waals surface area contributed by atoms with E-state index in [-0.39, 0.29) is 11.4 Å². The van der Waals surface area contributed by atoms with E-state index in [2.05, 4.69) is 5.32 Å². The van der Waals surface area contributed by atoms with Crippen molar-refractivity contribution in [3.63, 3.8) is 0 Å². The lowest BCUT2D eigenvalue weighted by Gasteiger charge is -2.26. The molecule has 4 nitrogen and oxygen atoms in total. The van der Waals surface area contributed by atoms with E-state index in [4.69, 9.17) is 17.3 Å². The standard InChI is InChI=1S/C14H21ClN2O2S/c1-5-14(3,4)17-13(18)9(2)20(19)12-8-10(15)6-7-11(12)16/h6-9H,5,16H2,1-4H3,(H,17,18). The molecule has 2 unspecified atom stereocenters. The van der Waals surface area contributed by atoms with Gasteiger partial charge in [0.25, 0.3) is 0 Å². The molecule has 0 fully saturated rings. The van der Waals surface area contributed by atoms with Crippen molar-refractivity contribution in [3.8, 4) is 0 Å². The van der Waals surface area contributed by atoms with Gasteiger partial charge in [0, 0.05) is 16.2 Å². The third kappa shape index (κ3) is 4.21. The lowest BCUT2D eigenvalue weighted by molar-refractivity contribution is -0.121. The zero-order valence-corrected chi connectivity index (χ0v) is 13.8. The maximum atomic E-state index is 12.4. The number of amides is 1. The first-order valence-electron chi connectivity index (χ1n) is 6.45. The summed E-state index contributed by atoms with van der Waals surface area (Å²) in [6.07, 6.45) is 0.789. The highest BCUT2D eigenvalue weighted by atomic mass is 35.5. The Balaban J connectivity index is 2.91. The van der Waals surface area contributed by atoms with E-state index in [0.29, 0.717) is 15.6 Å². The summed E-state index contributed by atoms with van der Waals surface area (Å²) in [5.74, 6) is -0.255. The Kier molecular flexibility index (Phi) is 5.59. The zero-order chi connectivity index (χ0) is 15.5. The smallest absolute Gasteiger partial charge is 0.236 e. The van der Waals surface area contributed by atoms with Crippen molar-refractivity contribution in [1.29, 1.82) is 0 Å². The monoisotopic (exact) mass is 316 g/mol. The van der Waals surface area contributed by atoms with Crippen LogP contribution in [0, 0.1) is 0 Å². The molecule has 112 valence electrons. The molecule has 20 heavy (non-hydrogen) atoms. The quantitative estimate of drug-likeness (QED) is 0.820. The fraction of sp³-hybridized carbons (Fsp3) is 0.500. The summed E-state index contributed by atoms with van der Waals surface area (Å²) in [5, 5.41) is 2.64. The fourth-order valence-electron chi connectivity index (χ4n) is 1.49.